The number of rotatable bonds is 3. The van der Waals surface area contributed by atoms with Crippen molar-refractivity contribution in [2.75, 3.05) is 18.4 Å². The molecule has 1 aliphatic rings. The van der Waals surface area contributed by atoms with Gasteiger partial charge in [0.2, 0.25) is 0 Å². The van der Waals surface area contributed by atoms with Crippen molar-refractivity contribution in [2.45, 2.75) is 12.5 Å². The predicted octanol–water partition coefficient (Wildman–Crippen LogP) is 1.06. The lowest BCUT2D eigenvalue weighted by molar-refractivity contribution is 0.102. The van der Waals surface area contributed by atoms with Gasteiger partial charge in [-0.2, -0.15) is 0 Å². The van der Waals surface area contributed by atoms with Crippen LogP contribution in [0.2, 0.25) is 0 Å². The number of nitrogens with one attached hydrogen (secondary N) is 2. The summed E-state index contributed by atoms with van der Waals surface area (Å²) in [5.74, 6) is -0.233. The molecule has 2 N–H and O–H groups in total. The maximum Gasteiger partial charge on any atom is 0.277 e. The van der Waals surface area contributed by atoms with E-state index in [0.29, 0.717) is 11.7 Å². The Labute approximate surface area is 110 Å². The van der Waals surface area contributed by atoms with Crippen molar-refractivity contribution < 1.29 is 4.79 Å². The van der Waals surface area contributed by atoms with Crippen molar-refractivity contribution >= 4 is 11.6 Å². The summed E-state index contributed by atoms with van der Waals surface area (Å²) in [7, 11) is 0. The van der Waals surface area contributed by atoms with Crippen LogP contribution < -0.4 is 10.6 Å². The van der Waals surface area contributed by atoms with Gasteiger partial charge in [0.25, 0.3) is 5.91 Å². The van der Waals surface area contributed by atoms with E-state index < -0.39 is 0 Å². The Hall–Kier alpha value is -2.21. The third-order valence-electron chi connectivity index (χ3n) is 3.18. The fraction of sp³-hybridized carbons (Fsp3) is 0.308. The number of nitrogens with zero attached hydrogens (tertiary/aromatic N) is 3. The molecule has 2 aromatic rings. The third-order valence-corrected chi connectivity index (χ3v) is 3.18. The van der Waals surface area contributed by atoms with E-state index in [4.69, 9.17) is 0 Å². The number of hydrogen-bond acceptors (Lipinski definition) is 4. The van der Waals surface area contributed by atoms with E-state index >= 15 is 0 Å². The summed E-state index contributed by atoms with van der Waals surface area (Å²) in [6.07, 6.45) is 2.72. The second-order valence-corrected chi connectivity index (χ2v) is 4.55. The first-order valence-electron chi connectivity index (χ1n) is 6.32. The summed E-state index contributed by atoms with van der Waals surface area (Å²) < 4.78 is 1.76. The summed E-state index contributed by atoms with van der Waals surface area (Å²) >= 11 is 0. The van der Waals surface area contributed by atoms with Gasteiger partial charge in [-0.1, -0.05) is 23.4 Å². The summed E-state index contributed by atoms with van der Waals surface area (Å²) in [5, 5.41) is 14.0. The van der Waals surface area contributed by atoms with Gasteiger partial charge >= 0.3 is 0 Å². The van der Waals surface area contributed by atoms with Crippen LogP contribution in [0.5, 0.6) is 0 Å². The molecule has 1 aliphatic heterocycles. The molecule has 0 radical (unpaired) electrons. The van der Waals surface area contributed by atoms with Gasteiger partial charge in [-0.15, -0.1) is 5.10 Å². The normalized spacial score (nSPS) is 18.4. The number of carbonyl (C=O) groups is 1. The Balaban J connectivity index is 1.70. The first-order chi connectivity index (χ1) is 9.33. The van der Waals surface area contributed by atoms with Crippen LogP contribution in [0.25, 0.3) is 0 Å². The van der Waals surface area contributed by atoms with Crippen molar-refractivity contribution in [3.8, 4) is 0 Å². The minimum absolute atomic E-state index is 0.233. The second-order valence-electron chi connectivity index (χ2n) is 4.55. The topological polar surface area (TPSA) is 71.8 Å². The highest BCUT2D eigenvalue weighted by Gasteiger charge is 2.19. The molecule has 1 atom stereocenters. The lowest BCUT2D eigenvalue weighted by Gasteiger charge is -2.06. The first kappa shape index (κ1) is 11.9. The molecule has 0 unspecified atom stereocenters. The predicted molar refractivity (Wildman–Crippen MR) is 70.9 cm³/mol. The molecule has 3 rings (SSSR count). The molecule has 1 aromatic heterocycles. The Kier molecular flexibility index (Phi) is 3.24. The van der Waals surface area contributed by atoms with Crippen molar-refractivity contribution in [1.82, 2.24) is 20.3 Å². The lowest BCUT2D eigenvalue weighted by atomic mass is 10.3. The number of anilines is 1. The van der Waals surface area contributed by atoms with Gasteiger partial charge in [0.1, 0.15) is 0 Å². The van der Waals surface area contributed by atoms with Gasteiger partial charge in [-0.25, -0.2) is 4.68 Å². The molecule has 1 amide bonds. The zero-order chi connectivity index (χ0) is 13.1. The van der Waals surface area contributed by atoms with Crippen LogP contribution in [0.3, 0.4) is 0 Å². The number of aromatic nitrogens is 3. The second kappa shape index (κ2) is 5.19. The molecule has 0 bridgehead atoms. The zero-order valence-corrected chi connectivity index (χ0v) is 10.4. The van der Waals surface area contributed by atoms with Gasteiger partial charge in [-0.3, -0.25) is 4.79 Å². The number of amides is 1. The fourth-order valence-corrected chi connectivity index (χ4v) is 2.14. The molecule has 19 heavy (non-hydrogen) atoms. The molecule has 6 heteroatoms. The highest BCUT2D eigenvalue weighted by atomic mass is 16.2. The highest BCUT2D eigenvalue weighted by molar-refractivity contribution is 6.02. The molecule has 6 nitrogen and oxygen atoms in total. The quantitative estimate of drug-likeness (QED) is 0.862. The van der Waals surface area contributed by atoms with Crippen molar-refractivity contribution in [2.24, 2.45) is 0 Å². The Morgan fingerprint density at radius 1 is 1.37 bits per heavy atom. The van der Waals surface area contributed by atoms with E-state index in [-0.39, 0.29) is 5.91 Å². The van der Waals surface area contributed by atoms with E-state index in [2.05, 4.69) is 20.9 Å². The molecule has 98 valence electrons. The van der Waals surface area contributed by atoms with E-state index in [0.717, 1.165) is 25.2 Å². The van der Waals surface area contributed by atoms with E-state index in [1.165, 1.54) is 0 Å². The molecule has 1 fully saturated rings. The standard InChI is InChI=1S/C13H15N5O/c19-13(15-10-4-2-1-3-5-10)12-9-18(17-16-12)11-6-7-14-8-11/h1-5,9,11,14H,6-8H2,(H,15,19)/t11-/m0/s1. The number of para-hydroxylation sites is 1. The smallest absolute Gasteiger partial charge is 0.277 e. The number of carbonyl (C=O) groups excluding carboxylic acids is 1. The van der Waals surface area contributed by atoms with Gasteiger partial charge in [0.15, 0.2) is 5.69 Å². The van der Waals surface area contributed by atoms with Crippen molar-refractivity contribution in [1.29, 1.82) is 0 Å². The number of benzene rings is 1. The molecule has 1 aromatic carbocycles. The summed E-state index contributed by atoms with van der Waals surface area (Å²) in [6.45, 7) is 1.86. The molecular formula is C13H15N5O. The summed E-state index contributed by atoms with van der Waals surface area (Å²) in [4.78, 5) is 12.0. The Morgan fingerprint density at radius 2 is 2.21 bits per heavy atom. The molecule has 0 saturated carbocycles. The minimum atomic E-state index is -0.233. The Morgan fingerprint density at radius 3 is 2.95 bits per heavy atom. The summed E-state index contributed by atoms with van der Waals surface area (Å²) in [6, 6.07) is 9.62. The van der Waals surface area contributed by atoms with Crippen LogP contribution in [0, 0.1) is 0 Å². The van der Waals surface area contributed by atoms with Crippen LogP contribution in [0.15, 0.2) is 36.5 Å². The van der Waals surface area contributed by atoms with Crippen LogP contribution in [0.4, 0.5) is 5.69 Å². The minimum Gasteiger partial charge on any atom is -0.321 e. The van der Waals surface area contributed by atoms with Crippen LogP contribution in [0.1, 0.15) is 23.0 Å². The van der Waals surface area contributed by atoms with Crippen LogP contribution in [-0.4, -0.2) is 34.0 Å². The maximum atomic E-state index is 12.0. The summed E-state index contributed by atoms with van der Waals surface area (Å²) in [5.41, 5.74) is 1.10. The molecule has 0 aliphatic carbocycles. The highest BCUT2D eigenvalue weighted by Crippen LogP contribution is 2.14. The lowest BCUT2D eigenvalue weighted by Crippen LogP contribution is -2.14. The van der Waals surface area contributed by atoms with E-state index in [1.54, 1.807) is 10.9 Å². The van der Waals surface area contributed by atoms with Crippen molar-refractivity contribution in [3.63, 3.8) is 0 Å². The van der Waals surface area contributed by atoms with Gasteiger partial charge in [0, 0.05) is 12.2 Å². The number of hydrogen-bond donors (Lipinski definition) is 2. The van der Waals surface area contributed by atoms with Gasteiger partial charge < -0.3 is 10.6 Å². The van der Waals surface area contributed by atoms with E-state index in [1.807, 2.05) is 30.3 Å². The SMILES string of the molecule is O=C(Nc1ccccc1)c1cn([C@H]2CCNC2)nn1. The third kappa shape index (κ3) is 2.63. The van der Waals surface area contributed by atoms with Crippen LogP contribution >= 0.6 is 0 Å². The zero-order valence-electron chi connectivity index (χ0n) is 10.4. The Bertz CT molecular complexity index is 559. The average Bonchev–Trinajstić information content (AvgIpc) is 3.11. The fourth-order valence-electron chi connectivity index (χ4n) is 2.14. The van der Waals surface area contributed by atoms with Crippen molar-refractivity contribution in [3.05, 3.63) is 42.2 Å². The maximum absolute atomic E-state index is 12.0. The van der Waals surface area contributed by atoms with Gasteiger partial charge in [-0.05, 0) is 25.1 Å². The average molecular weight is 257 g/mol. The largest absolute Gasteiger partial charge is 0.321 e. The van der Waals surface area contributed by atoms with Crippen LogP contribution in [-0.2, 0) is 0 Å². The van der Waals surface area contributed by atoms with E-state index in [9.17, 15) is 4.79 Å². The first-order valence-corrected chi connectivity index (χ1v) is 6.32. The van der Waals surface area contributed by atoms with Gasteiger partial charge in [0.05, 0.1) is 12.2 Å². The monoisotopic (exact) mass is 257 g/mol. The molecular weight excluding hydrogens is 242 g/mol. The molecule has 2 heterocycles. The molecule has 0 spiro atoms. The molecule has 1 saturated heterocycles.